The lowest BCUT2D eigenvalue weighted by Gasteiger charge is -2.02. The lowest BCUT2D eigenvalue weighted by atomic mass is 10.1. The van der Waals surface area contributed by atoms with Crippen LogP contribution >= 0.6 is 0 Å². The number of alkyl halides is 1. The highest BCUT2D eigenvalue weighted by atomic mass is 19.1. The first-order valence-corrected chi connectivity index (χ1v) is 3.94. The summed E-state index contributed by atoms with van der Waals surface area (Å²) >= 11 is 0. The fourth-order valence-electron chi connectivity index (χ4n) is 1.07. The van der Waals surface area contributed by atoms with Gasteiger partial charge in [0.15, 0.2) is 6.29 Å². The molecule has 74 valence electrons. The fourth-order valence-corrected chi connectivity index (χ4v) is 1.07. The predicted molar refractivity (Wildman–Crippen MR) is 48.0 cm³/mol. The highest BCUT2D eigenvalue weighted by Crippen LogP contribution is 2.24. The Labute approximate surface area is 79.5 Å². The fraction of sp³-hybridized carbons (Fsp3) is 0.222. The SMILES string of the molecule is CC(F)c1ccc(C=O)c([N+](=O)[O-])c1. The zero-order valence-corrected chi connectivity index (χ0v) is 7.44. The summed E-state index contributed by atoms with van der Waals surface area (Å²) in [7, 11) is 0. The molecule has 0 heterocycles. The summed E-state index contributed by atoms with van der Waals surface area (Å²) in [6, 6.07) is 3.69. The molecular weight excluding hydrogens is 189 g/mol. The van der Waals surface area contributed by atoms with Gasteiger partial charge in [0.25, 0.3) is 5.69 Å². The number of carbonyl (C=O) groups excluding carboxylic acids is 1. The van der Waals surface area contributed by atoms with E-state index in [4.69, 9.17) is 0 Å². The maximum absolute atomic E-state index is 12.8. The number of benzene rings is 1. The van der Waals surface area contributed by atoms with Gasteiger partial charge in [-0.25, -0.2) is 4.39 Å². The minimum atomic E-state index is -1.28. The molecule has 0 bridgehead atoms. The second kappa shape index (κ2) is 3.95. The third kappa shape index (κ3) is 1.93. The molecular formula is C9H8FNO3. The monoisotopic (exact) mass is 197 g/mol. The summed E-state index contributed by atoms with van der Waals surface area (Å²) in [5.41, 5.74) is -0.205. The van der Waals surface area contributed by atoms with Gasteiger partial charge in [0.05, 0.1) is 10.5 Å². The van der Waals surface area contributed by atoms with Crippen molar-refractivity contribution in [3.05, 3.63) is 39.4 Å². The third-order valence-electron chi connectivity index (χ3n) is 1.84. The summed E-state index contributed by atoms with van der Waals surface area (Å²) in [4.78, 5) is 20.2. The molecule has 0 amide bonds. The molecule has 0 saturated heterocycles. The van der Waals surface area contributed by atoms with Gasteiger partial charge in [0.1, 0.15) is 6.17 Å². The molecule has 0 fully saturated rings. The van der Waals surface area contributed by atoms with Crippen molar-refractivity contribution >= 4 is 12.0 Å². The zero-order valence-electron chi connectivity index (χ0n) is 7.44. The largest absolute Gasteiger partial charge is 0.298 e. The van der Waals surface area contributed by atoms with Crippen LogP contribution in [0.1, 0.15) is 29.0 Å². The molecule has 0 spiro atoms. The van der Waals surface area contributed by atoms with Crippen molar-refractivity contribution in [3.63, 3.8) is 0 Å². The van der Waals surface area contributed by atoms with Crippen molar-refractivity contribution in [1.29, 1.82) is 0 Å². The van der Waals surface area contributed by atoms with Crippen molar-refractivity contribution in [1.82, 2.24) is 0 Å². The number of aldehydes is 1. The van der Waals surface area contributed by atoms with Gasteiger partial charge in [-0.1, -0.05) is 6.07 Å². The van der Waals surface area contributed by atoms with Crippen molar-refractivity contribution < 1.29 is 14.1 Å². The molecule has 0 aliphatic carbocycles. The van der Waals surface area contributed by atoms with Gasteiger partial charge in [-0.15, -0.1) is 0 Å². The van der Waals surface area contributed by atoms with Crippen molar-refractivity contribution in [2.45, 2.75) is 13.1 Å². The summed E-state index contributed by atoms with van der Waals surface area (Å²) in [5, 5.41) is 10.5. The van der Waals surface area contributed by atoms with Crippen LogP contribution in [0.3, 0.4) is 0 Å². The Morgan fingerprint density at radius 1 is 1.57 bits per heavy atom. The summed E-state index contributed by atoms with van der Waals surface area (Å²) in [5.74, 6) is 0. The van der Waals surface area contributed by atoms with Gasteiger partial charge >= 0.3 is 0 Å². The average molecular weight is 197 g/mol. The topological polar surface area (TPSA) is 60.2 Å². The van der Waals surface area contributed by atoms with E-state index in [1.165, 1.54) is 19.1 Å². The van der Waals surface area contributed by atoms with Crippen molar-refractivity contribution in [2.24, 2.45) is 0 Å². The first kappa shape index (κ1) is 10.3. The maximum Gasteiger partial charge on any atom is 0.280 e. The molecule has 1 aromatic rings. The maximum atomic E-state index is 12.8. The number of carbonyl (C=O) groups is 1. The first-order valence-electron chi connectivity index (χ1n) is 3.94. The Morgan fingerprint density at radius 2 is 2.21 bits per heavy atom. The normalized spacial score (nSPS) is 12.1. The van der Waals surface area contributed by atoms with E-state index in [-0.39, 0.29) is 16.8 Å². The summed E-state index contributed by atoms with van der Waals surface area (Å²) in [6.07, 6.45) is -0.903. The number of halogens is 1. The van der Waals surface area contributed by atoms with Crippen molar-refractivity contribution in [3.8, 4) is 0 Å². The van der Waals surface area contributed by atoms with Gasteiger partial charge in [0, 0.05) is 6.07 Å². The van der Waals surface area contributed by atoms with Gasteiger partial charge in [-0.3, -0.25) is 14.9 Å². The Morgan fingerprint density at radius 3 is 2.64 bits per heavy atom. The first-order chi connectivity index (χ1) is 6.56. The number of hydrogen-bond acceptors (Lipinski definition) is 3. The summed E-state index contributed by atoms with van der Waals surface area (Å²) < 4.78 is 12.8. The number of nitro groups is 1. The minimum absolute atomic E-state index is 0.0422. The van der Waals surface area contributed by atoms with E-state index in [0.29, 0.717) is 6.29 Å². The molecule has 0 aliphatic heterocycles. The Balaban J connectivity index is 3.27. The van der Waals surface area contributed by atoms with Crippen LogP contribution in [0.4, 0.5) is 10.1 Å². The second-order valence-electron chi connectivity index (χ2n) is 2.81. The average Bonchev–Trinajstić information content (AvgIpc) is 2.16. The molecule has 0 saturated carbocycles. The smallest absolute Gasteiger partial charge is 0.280 e. The molecule has 4 nitrogen and oxygen atoms in total. The Hall–Kier alpha value is -1.78. The van der Waals surface area contributed by atoms with E-state index in [1.54, 1.807) is 0 Å². The molecule has 14 heavy (non-hydrogen) atoms. The van der Waals surface area contributed by atoms with E-state index in [0.717, 1.165) is 6.07 Å². The Bertz CT molecular complexity index is 376. The van der Waals surface area contributed by atoms with Gasteiger partial charge in [-0.05, 0) is 18.6 Å². The molecule has 5 heteroatoms. The van der Waals surface area contributed by atoms with Crippen LogP contribution in [-0.2, 0) is 0 Å². The van der Waals surface area contributed by atoms with Gasteiger partial charge in [0.2, 0.25) is 0 Å². The molecule has 0 N–H and O–H groups in total. The summed E-state index contributed by atoms with van der Waals surface area (Å²) in [6.45, 7) is 1.28. The van der Waals surface area contributed by atoms with Crippen LogP contribution in [0.25, 0.3) is 0 Å². The van der Waals surface area contributed by atoms with Crippen LogP contribution in [-0.4, -0.2) is 11.2 Å². The van der Waals surface area contributed by atoms with Crippen LogP contribution in [0.15, 0.2) is 18.2 Å². The van der Waals surface area contributed by atoms with Gasteiger partial charge in [-0.2, -0.15) is 0 Å². The van der Waals surface area contributed by atoms with E-state index < -0.39 is 11.1 Å². The van der Waals surface area contributed by atoms with Gasteiger partial charge < -0.3 is 0 Å². The van der Waals surface area contributed by atoms with Crippen LogP contribution in [0.5, 0.6) is 0 Å². The lowest BCUT2D eigenvalue weighted by Crippen LogP contribution is -1.96. The molecule has 1 rings (SSSR count). The Kier molecular flexibility index (Phi) is 2.91. The second-order valence-corrected chi connectivity index (χ2v) is 2.81. The number of nitrogens with zero attached hydrogens (tertiary/aromatic N) is 1. The van der Waals surface area contributed by atoms with E-state index >= 15 is 0 Å². The number of hydrogen-bond donors (Lipinski definition) is 0. The van der Waals surface area contributed by atoms with Crippen LogP contribution < -0.4 is 0 Å². The van der Waals surface area contributed by atoms with E-state index in [9.17, 15) is 19.3 Å². The number of rotatable bonds is 3. The highest BCUT2D eigenvalue weighted by molar-refractivity contribution is 5.81. The molecule has 1 aromatic carbocycles. The highest BCUT2D eigenvalue weighted by Gasteiger charge is 2.15. The molecule has 1 atom stereocenters. The lowest BCUT2D eigenvalue weighted by molar-refractivity contribution is -0.385. The molecule has 0 aliphatic rings. The van der Waals surface area contributed by atoms with E-state index in [2.05, 4.69) is 0 Å². The molecule has 1 unspecified atom stereocenters. The zero-order chi connectivity index (χ0) is 10.7. The minimum Gasteiger partial charge on any atom is -0.298 e. The predicted octanol–water partition coefficient (Wildman–Crippen LogP) is 2.44. The van der Waals surface area contributed by atoms with Crippen LogP contribution in [0.2, 0.25) is 0 Å². The van der Waals surface area contributed by atoms with Crippen molar-refractivity contribution in [2.75, 3.05) is 0 Å². The van der Waals surface area contributed by atoms with Crippen LogP contribution in [0, 0.1) is 10.1 Å². The standard InChI is InChI=1S/C9H8FNO3/c1-6(10)7-2-3-8(5-12)9(4-7)11(13)14/h2-6H,1H3. The van der Waals surface area contributed by atoms with E-state index in [1.807, 2.05) is 0 Å². The molecule has 0 aromatic heterocycles. The molecule has 0 radical (unpaired) electrons. The quantitative estimate of drug-likeness (QED) is 0.424. The number of nitro benzene ring substituents is 1. The third-order valence-corrected chi connectivity index (χ3v) is 1.84.